The summed E-state index contributed by atoms with van der Waals surface area (Å²) in [5.41, 5.74) is 1.26. The van der Waals surface area contributed by atoms with E-state index in [0.717, 1.165) is 17.7 Å². The van der Waals surface area contributed by atoms with Gasteiger partial charge in [0.2, 0.25) is 0 Å². The average molecular weight is 285 g/mol. The number of benzene rings is 1. The van der Waals surface area contributed by atoms with E-state index < -0.39 is 5.97 Å². The minimum Gasteiger partial charge on any atom is -0.493 e. The molecule has 1 unspecified atom stereocenters. The number of carboxylic acid groups (broad SMARTS) is 1. The highest BCUT2D eigenvalue weighted by Gasteiger charge is 2.21. The van der Waals surface area contributed by atoms with Gasteiger partial charge >= 0.3 is 5.97 Å². The van der Waals surface area contributed by atoms with Crippen molar-refractivity contribution in [2.24, 2.45) is 0 Å². The van der Waals surface area contributed by atoms with Gasteiger partial charge in [0.15, 0.2) is 0 Å². The standard InChI is InChI=1S/C16H15NO4/c18-16(19)12-7-13(9-17-8-12)21-10-11-5-6-20-15-4-2-1-3-14(11)15/h1-4,7-9,11H,5-6,10H2,(H,18,19). The molecule has 0 saturated heterocycles. The van der Waals surface area contributed by atoms with Crippen molar-refractivity contribution in [2.45, 2.75) is 12.3 Å². The molecule has 1 aromatic carbocycles. The van der Waals surface area contributed by atoms with Crippen molar-refractivity contribution in [3.63, 3.8) is 0 Å². The zero-order valence-corrected chi connectivity index (χ0v) is 11.4. The van der Waals surface area contributed by atoms with Crippen molar-refractivity contribution in [2.75, 3.05) is 13.2 Å². The number of ether oxygens (including phenoxy) is 2. The highest BCUT2D eigenvalue weighted by Crippen LogP contribution is 2.33. The SMILES string of the molecule is O=C(O)c1cncc(OCC2CCOc3ccccc32)c1. The lowest BCUT2D eigenvalue weighted by atomic mass is 9.94. The highest BCUT2D eigenvalue weighted by molar-refractivity contribution is 5.87. The number of aromatic nitrogens is 1. The molecule has 1 aliphatic heterocycles. The van der Waals surface area contributed by atoms with E-state index in [0.29, 0.717) is 19.0 Å². The fraction of sp³-hybridized carbons (Fsp3) is 0.250. The van der Waals surface area contributed by atoms with Gasteiger partial charge in [-0.15, -0.1) is 0 Å². The molecule has 0 fully saturated rings. The molecule has 2 aromatic rings. The molecule has 0 bridgehead atoms. The summed E-state index contributed by atoms with van der Waals surface area (Å²) in [5.74, 6) is 0.599. The third-order valence-electron chi connectivity index (χ3n) is 3.49. The van der Waals surface area contributed by atoms with Crippen LogP contribution < -0.4 is 9.47 Å². The number of aromatic carboxylic acids is 1. The predicted octanol–water partition coefficient (Wildman–Crippen LogP) is 2.72. The smallest absolute Gasteiger partial charge is 0.337 e. The van der Waals surface area contributed by atoms with Crippen LogP contribution in [0.4, 0.5) is 0 Å². The third kappa shape index (κ3) is 2.97. The third-order valence-corrected chi connectivity index (χ3v) is 3.49. The topological polar surface area (TPSA) is 68.7 Å². The van der Waals surface area contributed by atoms with Crippen LogP contribution in [-0.4, -0.2) is 29.3 Å². The van der Waals surface area contributed by atoms with Crippen LogP contribution in [-0.2, 0) is 0 Å². The molecule has 5 heteroatoms. The number of nitrogens with zero attached hydrogens (tertiary/aromatic N) is 1. The van der Waals surface area contributed by atoms with E-state index in [1.54, 1.807) is 0 Å². The van der Waals surface area contributed by atoms with E-state index >= 15 is 0 Å². The monoisotopic (exact) mass is 285 g/mol. The number of para-hydroxylation sites is 1. The Morgan fingerprint density at radius 2 is 2.24 bits per heavy atom. The van der Waals surface area contributed by atoms with Gasteiger partial charge in [-0.1, -0.05) is 18.2 Å². The van der Waals surface area contributed by atoms with Crippen molar-refractivity contribution >= 4 is 5.97 Å². The lowest BCUT2D eigenvalue weighted by molar-refractivity contribution is 0.0696. The van der Waals surface area contributed by atoms with E-state index in [1.165, 1.54) is 18.5 Å². The number of pyridine rings is 1. The Bertz CT molecular complexity index is 656. The maximum Gasteiger partial charge on any atom is 0.337 e. The number of hydrogen-bond donors (Lipinski definition) is 1. The number of hydrogen-bond acceptors (Lipinski definition) is 4. The number of carbonyl (C=O) groups is 1. The second-order valence-corrected chi connectivity index (χ2v) is 4.90. The minimum atomic E-state index is -1.01. The van der Waals surface area contributed by atoms with Crippen LogP contribution in [0.25, 0.3) is 0 Å². The molecular weight excluding hydrogens is 270 g/mol. The second-order valence-electron chi connectivity index (χ2n) is 4.90. The minimum absolute atomic E-state index is 0.125. The van der Waals surface area contributed by atoms with Gasteiger partial charge in [0.1, 0.15) is 11.5 Å². The zero-order chi connectivity index (χ0) is 14.7. The fourth-order valence-electron chi connectivity index (χ4n) is 2.40. The van der Waals surface area contributed by atoms with Crippen LogP contribution in [0.1, 0.15) is 28.3 Å². The summed E-state index contributed by atoms with van der Waals surface area (Å²) in [6.07, 6.45) is 3.71. The van der Waals surface area contributed by atoms with Gasteiger partial charge in [-0.25, -0.2) is 4.79 Å². The average Bonchev–Trinajstić information content (AvgIpc) is 2.53. The maximum absolute atomic E-state index is 10.9. The van der Waals surface area contributed by atoms with E-state index in [4.69, 9.17) is 14.6 Å². The molecule has 1 aliphatic rings. The lowest BCUT2D eigenvalue weighted by Gasteiger charge is -2.25. The Labute approximate surface area is 122 Å². The Balaban J connectivity index is 1.71. The first-order valence-electron chi connectivity index (χ1n) is 6.77. The van der Waals surface area contributed by atoms with Gasteiger partial charge < -0.3 is 14.6 Å². The van der Waals surface area contributed by atoms with Crippen molar-refractivity contribution in [3.8, 4) is 11.5 Å². The molecule has 0 radical (unpaired) electrons. The van der Waals surface area contributed by atoms with Gasteiger partial charge in [-0.3, -0.25) is 4.98 Å². The normalized spacial score (nSPS) is 16.7. The molecule has 108 valence electrons. The van der Waals surface area contributed by atoms with E-state index in [-0.39, 0.29) is 11.5 Å². The van der Waals surface area contributed by atoms with Crippen LogP contribution in [0.5, 0.6) is 11.5 Å². The van der Waals surface area contributed by atoms with Crippen LogP contribution >= 0.6 is 0 Å². The molecule has 1 N–H and O–H groups in total. The van der Waals surface area contributed by atoms with Crippen molar-refractivity contribution in [1.29, 1.82) is 0 Å². The van der Waals surface area contributed by atoms with Crippen molar-refractivity contribution in [3.05, 3.63) is 53.9 Å². The zero-order valence-electron chi connectivity index (χ0n) is 11.4. The quantitative estimate of drug-likeness (QED) is 0.935. The molecule has 0 spiro atoms. The molecule has 21 heavy (non-hydrogen) atoms. The molecule has 2 heterocycles. The number of carboxylic acids is 1. The molecule has 1 aromatic heterocycles. The Hall–Kier alpha value is -2.56. The molecule has 1 atom stereocenters. The number of rotatable bonds is 4. The summed E-state index contributed by atoms with van der Waals surface area (Å²) in [6, 6.07) is 9.40. The van der Waals surface area contributed by atoms with E-state index in [9.17, 15) is 4.79 Å². The summed E-state index contributed by atoms with van der Waals surface area (Å²) in [5, 5.41) is 8.94. The number of fused-ring (bicyclic) bond motifs is 1. The maximum atomic E-state index is 10.9. The van der Waals surface area contributed by atoms with E-state index in [2.05, 4.69) is 4.98 Å². The first kappa shape index (κ1) is 13.4. The molecular formula is C16H15NO4. The molecule has 0 amide bonds. The molecule has 0 saturated carbocycles. The first-order valence-corrected chi connectivity index (χ1v) is 6.77. The van der Waals surface area contributed by atoms with Crippen molar-refractivity contribution < 1.29 is 19.4 Å². The summed E-state index contributed by atoms with van der Waals surface area (Å²) in [6.45, 7) is 1.14. The van der Waals surface area contributed by atoms with Gasteiger partial charge in [-0.05, 0) is 18.6 Å². The Morgan fingerprint density at radius 1 is 1.38 bits per heavy atom. The Kier molecular flexibility index (Phi) is 3.73. The molecule has 5 nitrogen and oxygen atoms in total. The molecule has 3 rings (SSSR count). The summed E-state index contributed by atoms with van der Waals surface area (Å²) in [7, 11) is 0. The second kappa shape index (κ2) is 5.83. The molecule has 0 aliphatic carbocycles. The van der Waals surface area contributed by atoms with Crippen LogP contribution in [0, 0.1) is 0 Å². The van der Waals surface area contributed by atoms with Gasteiger partial charge in [0.05, 0.1) is 25.0 Å². The van der Waals surface area contributed by atoms with Gasteiger partial charge in [0, 0.05) is 17.7 Å². The Morgan fingerprint density at radius 3 is 3.10 bits per heavy atom. The largest absolute Gasteiger partial charge is 0.493 e. The highest BCUT2D eigenvalue weighted by atomic mass is 16.5. The van der Waals surface area contributed by atoms with Gasteiger partial charge in [0.25, 0.3) is 0 Å². The van der Waals surface area contributed by atoms with Crippen molar-refractivity contribution in [1.82, 2.24) is 4.98 Å². The van der Waals surface area contributed by atoms with E-state index in [1.807, 2.05) is 24.3 Å². The summed E-state index contributed by atoms with van der Waals surface area (Å²) >= 11 is 0. The first-order chi connectivity index (χ1) is 10.2. The predicted molar refractivity (Wildman–Crippen MR) is 76.0 cm³/mol. The summed E-state index contributed by atoms with van der Waals surface area (Å²) < 4.78 is 11.3. The van der Waals surface area contributed by atoms with Gasteiger partial charge in [-0.2, -0.15) is 0 Å². The van der Waals surface area contributed by atoms with Crippen LogP contribution in [0.2, 0.25) is 0 Å². The lowest BCUT2D eigenvalue weighted by Crippen LogP contribution is -2.19. The van der Waals surface area contributed by atoms with Crippen LogP contribution in [0.3, 0.4) is 0 Å². The van der Waals surface area contributed by atoms with Crippen LogP contribution in [0.15, 0.2) is 42.7 Å². The fourth-order valence-corrected chi connectivity index (χ4v) is 2.40. The summed E-state index contributed by atoms with van der Waals surface area (Å²) in [4.78, 5) is 14.8.